The van der Waals surface area contributed by atoms with Gasteiger partial charge in [0.1, 0.15) is 11.1 Å². The number of para-hydroxylation sites is 5. The van der Waals surface area contributed by atoms with E-state index in [0.29, 0.717) is 13.8 Å². The van der Waals surface area contributed by atoms with Gasteiger partial charge in [-0.25, -0.2) is 0 Å². The Bertz CT molecular complexity index is 3970. The number of aromatic nitrogens is 2. The summed E-state index contributed by atoms with van der Waals surface area (Å²) < 4.78 is 13.2. The molecule has 15 rings (SSSR count). The molecule has 1 saturated heterocycles. The van der Waals surface area contributed by atoms with Gasteiger partial charge in [0.25, 0.3) is 22.7 Å². The largest absolute Gasteiger partial charge is 0.498 e. The molecule has 0 amide bonds. The minimum Gasteiger partial charge on any atom is -0.464 e. The number of pyridine rings is 1. The highest BCUT2D eigenvalue weighted by atomic mass is 16.3. The third-order valence-corrected chi connectivity index (χ3v) is 15.9. The van der Waals surface area contributed by atoms with Crippen LogP contribution in [0.25, 0.3) is 77.5 Å². The predicted octanol–water partition coefficient (Wildman–Crippen LogP) is 15.5. The fraction of sp³-hybridized carbons (Fsp3) is 0.0984. The molecule has 10 aromatic rings. The molecule has 7 aromatic carbocycles. The van der Waals surface area contributed by atoms with E-state index in [2.05, 4.69) is 226 Å². The molecule has 5 aliphatic rings. The quantitative estimate of drug-likeness (QED) is 0.0731. The molecule has 6 nitrogen and oxygen atoms in total. The third-order valence-electron chi connectivity index (χ3n) is 15.9. The molecule has 1 fully saturated rings. The van der Waals surface area contributed by atoms with E-state index in [4.69, 9.17) is 4.42 Å². The van der Waals surface area contributed by atoms with Crippen LogP contribution in [0.1, 0.15) is 38.8 Å². The summed E-state index contributed by atoms with van der Waals surface area (Å²) in [6, 6.07) is 60.0. The highest BCUT2D eigenvalue weighted by molar-refractivity contribution is 6.21. The van der Waals surface area contributed by atoms with Crippen molar-refractivity contribution in [2.24, 2.45) is 0 Å². The fourth-order valence-corrected chi connectivity index (χ4v) is 13.4. The molecule has 6 heteroatoms. The van der Waals surface area contributed by atoms with Crippen LogP contribution in [0, 0.1) is 0 Å². The number of rotatable bonds is 5. The molecule has 8 heterocycles. The summed E-state index contributed by atoms with van der Waals surface area (Å²) in [4.78, 5) is 0. The molecule has 0 bridgehead atoms. The van der Waals surface area contributed by atoms with Gasteiger partial charge in [-0.2, -0.15) is 4.57 Å². The van der Waals surface area contributed by atoms with Gasteiger partial charge in [-0.15, -0.1) is 0 Å². The maximum atomic E-state index is 6.27. The van der Waals surface area contributed by atoms with Gasteiger partial charge in [0, 0.05) is 65.3 Å². The third kappa shape index (κ3) is 4.03. The Morgan fingerprint density at radius 2 is 1.39 bits per heavy atom. The first-order valence-corrected chi connectivity index (χ1v) is 23.5. The Labute approximate surface area is 389 Å². The van der Waals surface area contributed by atoms with E-state index < -0.39 is 0 Å². The van der Waals surface area contributed by atoms with E-state index in [-0.39, 0.29) is 11.7 Å². The van der Waals surface area contributed by atoms with Crippen LogP contribution in [-0.4, -0.2) is 10.9 Å². The van der Waals surface area contributed by atoms with Crippen LogP contribution in [0.4, 0.5) is 34.1 Å². The molecule has 3 aromatic heterocycles. The molecule has 0 saturated carbocycles. The van der Waals surface area contributed by atoms with Crippen LogP contribution in [-0.2, 0) is 5.41 Å². The molecular formula is C61H47N5O+4. The van der Waals surface area contributed by atoms with Crippen LogP contribution in [0.5, 0.6) is 0 Å². The molecule has 4 atom stereocenters. The van der Waals surface area contributed by atoms with Crippen LogP contribution in [0.2, 0.25) is 0 Å². The fourth-order valence-electron chi connectivity index (χ4n) is 13.4. The van der Waals surface area contributed by atoms with Crippen molar-refractivity contribution >= 4 is 72.5 Å². The number of benzene rings is 7. The second-order valence-corrected chi connectivity index (χ2v) is 19.9. The van der Waals surface area contributed by atoms with Gasteiger partial charge in [0.05, 0.1) is 17.4 Å². The number of hydrogen-bond acceptors (Lipinski definition) is 1. The maximum Gasteiger partial charge on any atom is 0.498 e. The molecule has 318 valence electrons. The standard InChI is InChI=1S/C61H47N5O/c1-6-8-18-38(7-2)42-22-16-23-43(39-19-10-9-11-20-39)57(42)66-52-27-15-14-26-51(52)65(66)53-28-17-24-46-48-35-40-32-34-67-54(40)37-49(48)47-30-29-45-44-21-12-13-25-50(44)63-55-36-41(61(3,4)5)31-33-62(55)64(58(46)53,60(65)66)59(47)56(45)63/h6-37,60H,2H2,1,3-5H3/q+4/b8-6-,38-18+. The number of quaternary nitrogens is 3. The van der Waals surface area contributed by atoms with Gasteiger partial charge in [0.15, 0.2) is 6.20 Å². The molecular weight excluding hydrogens is 819 g/mol. The topological polar surface area (TPSA) is 21.9 Å². The Morgan fingerprint density at radius 3 is 2.21 bits per heavy atom. The zero-order chi connectivity index (χ0) is 44.8. The summed E-state index contributed by atoms with van der Waals surface area (Å²) in [5.74, 6) is 1.16. The van der Waals surface area contributed by atoms with Crippen molar-refractivity contribution in [2.75, 3.05) is 0 Å². The lowest BCUT2D eigenvalue weighted by Crippen LogP contribution is -2.74. The Hall–Kier alpha value is -7.87. The zero-order valence-corrected chi connectivity index (χ0v) is 37.9. The minimum absolute atomic E-state index is 0.0930. The van der Waals surface area contributed by atoms with Crippen molar-refractivity contribution in [3.8, 4) is 39.2 Å². The first-order chi connectivity index (χ1) is 32.8. The zero-order valence-electron chi connectivity index (χ0n) is 37.9. The lowest BCUT2D eigenvalue weighted by molar-refractivity contribution is -0.793. The molecule has 5 aliphatic heterocycles. The van der Waals surface area contributed by atoms with Gasteiger partial charge >= 0.3 is 12.1 Å². The van der Waals surface area contributed by atoms with Crippen molar-refractivity contribution in [1.82, 2.24) is 18.3 Å². The number of nitrogens with zero attached hydrogens (tertiary/aromatic N) is 5. The lowest BCUT2D eigenvalue weighted by Gasteiger charge is -2.35. The van der Waals surface area contributed by atoms with Gasteiger partial charge in [-0.1, -0.05) is 118 Å². The average molecular weight is 866 g/mol. The van der Waals surface area contributed by atoms with Gasteiger partial charge in [-0.05, 0) is 112 Å². The minimum atomic E-state index is -0.136. The average Bonchev–Trinajstić information content (AvgIpc) is 3.69. The number of fused-ring (bicyclic) bond motifs is 12. The van der Waals surface area contributed by atoms with E-state index in [1.165, 1.54) is 100 Å². The van der Waals surface area contributed by atoms with E-state index >= 15 is 0 Å². The summed E-state index contributed by atoms with van der Waals surface area (Å²) in [7, 11) is 0. The first kappa shape index (κ1) is 37.4. The lowest BCUT2D eigenvalue weighted by atomic mass is 9.87. The molecule has 0 aliphatic carbocycles. The van der Waals surface area contributed by atoms with Crippen molar-refractivity contribution in [3.63, 3.8) is 0 Å². The maximum absolute atomic E-state index is 6.27. The van der Waals surface area contributed by atoms with E-state index in [0.717, 1.165) is 22.4 Å². The summed E-state index contributed by atoms with van der Waals surface area (Å²) in [5.41, 5.74) is 22.0. The van der Waals surface area contributed by atoms with Crippen LogP contribution >= 0.6 is 0 Å². The number of furan rings is 1. The number of hydrogen-bond donors (Lipinski definition) is 0. The van der Waals surface area contributed by atoms with E-state index in [9.17, 15) is 0 Å². The summed E-state index contributed by atoms with van der Waals surface area (Å²) in [6.07, 6.45) is 12.7. The number of allylic oxidation sites excluding steroid dienone is 5. The first-order valence-electron chi connectivity index (χ1n) is 23.5. The van der Waals surface area contributed by atoms with Gasteiger partial charge in [0.2, 0.25) is 16.9 Å². The van der Waals surface area contributed by atoms with Crippen molar-refractivity contribution in [2.45, 2.75) is 39.4 Å². The monoisotopic (exact) mass is 865 g/mol. The summed E-state index contributed by atoms with van der Waals surface area (Å²) in [5, 5.41) is 3.62. The normalized spacial score (nSPS) is 22.1. The van der Waals surface area contributed by atoms with Crippen molar-refractivity contribution in [3.05, 3.63) is 212 Å². The Morgan fingerprint density at radius 1 is 0.657 bits per heavy atom. The van der Waals surface area contributed by atoms with Crippen LogP contribution in [0.3, 0.4) is 0 Å². The SMILES string of the molecule is C=C/C(=C\C=C/C)c1cccc(-c2ccccc2)c1[N+]12c3ccccc3[N+]13c1cccc4c1[N+]1(c5c(ccc6c7ccccc7n(c56)-c5cc(C(C)(C)C)cc[n+]51)-c1cc5occc5cc1-4)C32. The van der Waals surface area contributed by atoms with Crippen molar-refractivity contribution < 1.29 is 9.09 Å². The molecule has 4 unspecified atom stereocenters. The highest BCUT2D eigenvalue weighted by Crippen LogP contribution is 2.86. The van der Waals surface area contributed by atoms with Gasteiger partial charge < -0.3 is 4.42 Å². The van der Waals surface area contributed by atoms with Gasteiger partial charge in [-0.3, -0.25) is 0 Å². The second kappa shape index (κ2) is 12.3. The molecule has 67 heavy (non-hydrogen) atoms. The van der Waals surface area contributed by atoms with Crippen molar-refractivity contribution in [1.29, 1.82) is 0 Å². The second-order valence-electron chi connectivity index (χ2n) is 19.9. The van der Waals surface area contributed by atoms with E-state index in [1.54, 1.807) is 0 Å². The van der Waals surface area contributed by atoms with E-state index in [1.807, 2.05) is 12.3 Å². The Balaban J connectivity index is 1.20. The summed E-state index contributed by atoms with van der Waals surface area (Å²) in [6.45, 7) is 13.6. The summed E-state index contributed by atoms with van der Waals surface area (Å²) >= 11 is 0. The van der Waals surface area contributed by atoms with Crippen LogP contribution in [0.15, 0.2) is 205 Å². The molecule has 2 spiro atoms. The molecule has 0 radical (unpaired) electrons. The highest BCUT2D eigenvalue weighted by Gasteiger charge is 3.11. The smallest absolute Gasteiger partial charge is 0.464 e. The van der Waals surface area contributed by atoms with Crippen LogP contribution < -0.4 is 18.5 Å². The molecule has 0 N–H and O–H groups in total. The predicted molar refractivity (Wildman–Crippen MR) is 275 cm³/mol. The Kier molecular flexibility index (Phi) is 6.87.